The first-order valence-corrected chi connectivity index (χ1v) is 8.41. The number of nitrogens with one attached hydrogen (secondary N) is 1. The fourth-order valence-electron chi connectivity index (χ4n) is 2.53. The lowest BCUT2D eigenvalue weighted by atomic mass is 10.1. The minimum atomic E-state index is -0.587. The van der Waals surface area contributed by atoms with Crippen LogP contribution in [0.5, 0.6) is 0 Å². The maximum absolute atomic E-state index is 11.0. The van der Waals surface area contributed by atoms with E-state index in [9.17, 15) is 4.79 Å². The predicted molar refractivity (Wildman–Crippen MR) is 95.1 cm³/mol. The minimum Gasteiger partial charge on any atom is -0.378 e. The number of carbonyl (C=O) groups is 1. The Labute approximate surface area is 148 Å². The fraction of sp³-hybridized carbons (Fsp3) is 0.312. The number of hydrogen-bond donors (Lipinski definition) is 2. The highest BCUT2D eigenvalue weighted by Gasteiger charge is 2.15. The van der Waals surface area contributed by atoms with E-state index in [0.717, 1.165) is 36.3 Å². The van der Waals surface area contributed by atoms with Crippen LogP contribution in [0.2, 0.25) is 0 Å². The van der Waals surface area contributed by atoms with Gasteiger partial charge in [-0.3, -0.25) is 4.79 Å². The minimum absolute atomic E-state index is 0.151. The Morgan fingerprint density at radius 1 is 1.25 bits per heavy atom. The molecule has 8 heteroatoms. The highest BCUT2D eigenvalue weighted by molar-refractivity contribution is 9.10. The molecule has 3 rings (SSSR count). The molecule has 0 spiro atoms. The maximum atomic E-state index is 11.0. The highest BCUT2D eigenvalue weighted by atomic mass is 79.9. The first-order valence-electron chi connectivity index (χ1n) is 7.62. The lowest BCUT2D eigenvalue weighted by Gasteiger charge is -2.31. The van der Waals surface area contributed by atoms with Crippen molar-refractivity contribution in [2.75, 3.05) is 36.5 Å². The normalized spacial score (nSPS) is 14.5. The molecule has 1 aromatic carbocycles. The Balaban J connectivity index is 1.73. The van der Waals surface area contributed by atoms with Crippen molar-refractivity contribution in [2.24, 2.45) is 5.73 Å². The lowest BCUT2D eigenvalue weighted by molar-refractivity contribution is 0.0994. The van der Waals surface area contributed by atoms with Gasteiger partial charge < -0.3 is 20.7 Å². The second-order valence-corrected chi connectivity index (χ2v) is 6.31. The number of amides is 1. The fourth-order valence-corrected chi connectivity index (χ4v) is 2.88. The number of anilines is 2. The van der Waals surface area contributed by atoms with Crippen molar-refractivity contribution in [1.82, 2.24) is 10.2 Å². The standard InChI is InChI=1S/C16H18BrN5O2/c17-12-2-1-11(14(9-12)22-5-7-24-8-6-22)10-19-15-4-3-13(16(18)23)20-21-15/h1-4,9H,5-8,10H2,(H2,18,23)(H,19,21). The highest BCUT2D eigenvalue weighted by Crippen LogP contribution is 2.26. The Morgan fingerprint density at radius 2 is 2.04 bits per heavy atom. The van der Waals surface area contributed by atoms with Crippen LogP contribution in [0.1, 0.15) is 16.1 Å². The van der Waals surface area contributed by atoms with E-state index >= 15 is 0 Å². The summed E-state index contributed by atoms with van der Waals surface area (Å²) in [5, 5.41) is 11.0. The van der Waals surface area contributed by atoms with E-state index in [1.807, 2.05) is 6.07 Å². The Hall–Kier alpha value is -2.19. The summed E-state index contributed by atoms with van der Waals surface area (Å²) < 4.78 is 6.47. The van der Waals surface area contributed by atoms with E-state index in [2.05, 4.69) is 48.5 Å². The SMILES string of the molecule is NC(=O)c1ccc(NCc2ccc(Br)cc2N2CCOCC2)nn1. The van der Waals surface area contributed by atoms with Gasteiger partial charge in [0.15, 0.2) is 5.69 Å². The third-order valence-electron chi connectivity index (χ3n) is 3.78. The zero-order valence-electron chi connectivity index (χ0n) is 13.0. The van der Waals surface area contributed by atoms with Crippen molar-refractivity contribution in [3.05, 3.63) is 46.1 Å². The molecule has 0 unspecified atom stereocenters. The molecule has 1 aliphatic heterocycles. The Morgan fingerprint density at radius 3 is 2.71 bits per heavy atom. The monoisotopic (exact) mass is 391 g/mol. The predicted octanol–water partition coefficient (Wildman–Crippen LogP) is 1.79. The van der Waals surface area contributed by atoms with Gasteiger partial charge in [0, 0.05) is 29.8 Å². The van der Waals surface area contributed by atoms with Gasteiger partial charge >= 0.3 is 0 Å². The van der Waals surface area contributed by atoms with Gasteiger partial charge in [-0.1, -0.05) is 22.0 Å². The molecule has 2 aromatic rings. The molecule has 2 heterocycles. The molecule has 1 aliphatic rings. The van der Waals surface area contributed by atoms with Gasteiger partial charge in [-0.25, -0.2) is 0 Å². The van der Waals surface area contributed by atoms with Gasteiger partial charge in [-0.15, -0.1) is 10.2 Å². The molecule has 126 valence electrons. The van der Waals surface area contributed by atoms with Crippen LogP contribution in [-0.2, 0) is 11.3 Å². The number of nitrogens with zero attached hydrogens (tertiary/aromatic N) is 3. The molecule has 0 radical (unpaired) electrons. The van der Waals surface area contributed by atoms with Crippen LogP contribution in [0.4, 0.5) is 11.5 Å². The van der Waals surface area contributed by atoms with Crippen molar-refractivity contribution >= 4 is 33.3 Å². The molecule has 7 nitrogen and oxygen atoms in total. The average molecular weight is 392 g/mol. The summed E-state index contributed by atoms with van der Waals surface area (Å²) in [6, 6.07) is 9.46. The van der Waals surface area contributed by atoms with E-state index in [4.69, 9.17) is 10.5 Å². The van der Waals surface area contributed by atoms with Crippen molar-refractivity contribution in [2.45, 2.75) is 6.54 Å². The molecule has 1 fully saturated rings. The van der Waals surface area contributed by atoms with Crippen molar-refractivity contribution in [3.63, 3.8) is 0 Å². The van der Waals surface area contributed by atoms with E-state index in [1.165, 1.54) is 5.69 Å². The van der Waals surface area contributed by atoms with Crippen LogP contribution in [0.3, 0.4) is 0 Å². The summed E-state index contributed by atoms with van der Waals surface area (Å²) in [5.41, 5.74) is 7.64. The lowest BCUT2D eigenvalue weighted by Crippen LogP contribution is -2.36. The third-order valence-corrected chi connectivity index (χ3v) is 4.27. The van der Waals surface area contributed by atoms with E-state index in [1.54, 1.807) is 12.1 Å². The molecule has 24 heavy (non-hydrogen) atoms. The smallest absolute Gasteiger partial charge is 0.269 e. The van der Waals surface area contributed by atoms with E-state index in [0.29, 0.717) is 12.4 Å². The number of aromatic nitrogens is 2. The molecule has 0 atom stereocenters. The van der Waals surface area contributed by atoms with Crippen LogP contribution in [0.15, 0.2) is 34.8 Å². The topological polar surface area (TPSA) is 93.4 Å². The maximum Gasteiger partial charge on any atom is 0.269 e. The molecular formula is C16H18BrN5O2. The van der Waals surface area contributed by atoms with Crippen LogP contribution >= 0.6 is 15.9 Å². The Kier molecular flexibility index (Phi) is 5.27. The van der Waals surface area contributed by atoms with E-state index in [-0.39, 0.29) is 5.69 Å². The quantitative estimate of drug-likeness (QED) is 0.806. The van der Waals surface area contributed by atoms with Gasteiger partial charge in [-0.05, 0) is 29.8 Å². The van der Waals surface area contributed by atoms with Crippen LogP contribution in [-0.4, -0.2) is 42.4 Å². The molecular weight excluding hydrogens is 374 g/mol. The second-order valence-electron chi connectivity index (χ2n) is 5.39. The first-order chi connectivity index (χ1) is 11.6. The Bertz CT molecular complexity index is 717. The van der Waals surface area contributed by atoms with E-state index < -0.39 is 5.91 Å². The number of primary amides is 1. The van der Waals surface area contributed by atoms with Crippen LogP contribution in [0.25, 0.3) is 0 Å². The molecule has 1 amide bonds. The molecule has 1 saturated heterocycles. The van der Waals surface area contributed by atoms with Crippen LogP contribution in [0, 0.1) is 0 Å². The number of halogens is 1. The summed E-state index contributed by atoms with van der Waals surface area (Å²) in [6.45, 7) is 3.82. The summed E-state index contributed by atoms with van der Waals surface area (Å²) in [6.07, 6.45) is 0. The van der Waals surface area contributed by atoms with Gasteiger partial charge in [0.2, 0.25) is 0 Å². The van der Waals surface area contributed by atoms with Crippen LogP contribution < -0.4 is 16.0 Å². The number of morpholine rings is 1. The second kappa shape index (κ2) is 7.59. The number of carbonyl (C=O) groups excluding carboxylic acids is 1. The summed E-state index contributed by atoms with van der Waals surface area (Å²) in [4.78, 5) is 13.3. The average Bonchev–Trinajstić information content (AvgIpc) is 2.61. The third kappa shape index (κ3) is 4.01. The largest absolute Gasteiger partial charge is 0.378 e. The summed E-state index contributed by atoms with van der Waals surface area (Å²) in [7, 11) is 0. The molecule has 0 aliphatic carbocycles. The van der Waals surface area contributed by atoms with Gasteiger partial charge in [0.1, 0.15) is 5.82 Å². The molecule has 3 N–H and O–H groups in total. The number of rotatable bonds is 5. The number of benzene rings is 1. The van der Waals surface area contributed by atoms with Crippen molar-refractivity contribution < 1.29 is 9.53 Å². The zero-order chi connectivity index (χ0) is 16.9. The molecule has 1 aromatic heterocycles. The molecule has 0 bridgehead atoms. The van der Waals surface area contributed by atoms with Crippen molar-refractivity contribution in [3.8, 4) is 0 Å². The summed E-state index contributed by atoms with van der Waals surface area (Å²) >= 11 is 3.54. The summed E-state index contributed by atoms with van der Waals surface area (Å²) in [5.74, 6) is 0.00686. The molecule has 0 saturated carbocycles. The number of ether oxygens (including phenoxy) is 1. The van der Waals surface area contributed by atoms with Gasteiger partial charge in [0.25, 0.3) is 5.91 Å². The van der Waals surface area contributed by atoms with Gasteiger partial charge in [0.05, 0.1) is 13.2 Å². The number of hydrogen-bond acceptors (Lipinski definition) is 6. The van der Waals surface area contributed by atoms with Gasteiger partial charge in [-0.2, -0.15) is 0 Å². The zero-order valence-corrected chi connectivity index (χ0v) is 14.6. The van der Waals surface area contributed by atoms with Crippen molar-refractivity contribution in [1.29, 1.82) is 0 Å². The number of nitrogens with two attached hydrogens (primary N) is 1. The first kappa shape index (κ1) is 16.7.